The smallest absolute Gasteiger partial charge is 0.00141 e. The van der Waals surface area contributed by atoms with Gasteiger partial charge < -0.3 is 0 Å². The fourth-order valence-corrected chi connectivity index (χ4v) is 10.4. The largest absolute Gasteiger partial charge is 0.0622 e. The number of rotatable bonds is 8. The van der Waals surface area contributed by atoms with E-state index in [0.717, 1.165) is 5.56 Å². The summed E-state index contributed by atoms with van der Waals surface area (Å²) in [5.74, 6) is 0. The van der Waals surface area contributed by atoms with Gasteiger partial charge in [0.1, 0.15) is 0 Å². The lowest BCUT2D eigenvalue weighted by molar-refractivity contribution is 1.58. The zero-order valence-electron chi connectivity index (χ0n) is 36.4. The number of benzene rings is 12. The molecule has 0 amide bonds. The van der Waals surface area contributed by atoms with E-state index in [0.29, 0.717) is 0 Å². The molecule has 0 radical (unpaired) electrons. The van der Waals surface area contributed by atoms with E-state index in [9.17, 15) is 0 Å². The molecular weight excluding hydrogens is 793 g/mol. The highest BCUT2D eigenvalue weighted by Crippen LogP contribution is 2.48. The van der Waals surface area contributed by atoms with E-state index in [1.165, 1.54) is 115 Å². The van der Waals surface area contributed by atoms with Crippen molar-refractivity contribution in [1.82, 2.24) is 0 Å². The van der Waals surface area contributed by atoms with E-state index in [-0.39, 0.29) is 0 Å². The van der Waals surface area contributed by atoms with E-state index in [4.69, 9.17) is 0 Å². The Hall–Kier alpha value is -8.58. The molecule has 308 valence electrons. The van der Waals surface area contributed by atoms with Crippen LogP contribution in [0.25, 0.3) is 122 Å². The summed E-state index contributed by atoms with van der Waals surface area (Å²) in [5, 5.41) is 10.0. The molecule has 0 nitrogen and oxygen atoms in total. The van der Waals surface area contributed by atoms with Crippen molar-refractivity contribution in [2.24, 2.45) is 0 Å². The van der Waals surface area contributed by atoms with Crippen molar-refractivity contribution < 1.29 is 0 Å². The van der Waals surface area contributed by atoms with Gasteiger partial charge in [0.15, 0.2) is 0 Å². The first-order chi connectivity index (χ1) is 32.8. The molecule has 0 aromatic heterocycles. The topological polar surface area (TPSA) is 0 Å². The second kappa shape index (κ2) is 16.8. The Morgan fingerprint density at radius 1 is 0.212 bits per heavy atom. The van der Waals surface area contributed by atoms with Crippen LogP contribution in [0.3, 0.4) is 0 Å². The summed E-state index contributed by atoms with van der Waals surface area (Å²) in [7, 11) is 0. The molecule has 0 atom stereocenters. The van der Waals surface area contributed by atoms with Crippen LogP contribution in [0.5, 0.6) is 0 Å². The molecule has 0 saturated carbocycles. The standard InChI is InChI=1S/C66H44/c1-4-24-47(25-5-1)62-56-35-15-18-38-59(56)65(60-39-19-16-36-57(60)62)54-33-13-12-32-53(54)51-31-11-10-23-46(51)43-42-45-22-20-30-50(44-45)52-40-21-41-61-63(48-26-6-2-7-27-48)55-34-14-17-37-58(55)64(66(52)61)49-28-8-3-9-29-49/h1-44H. The van der Waals surface area contributed by atoms with Crippen molar-refractivity contribution in [2.75, 3.05) is 0 Å². The molecule has 12 aromatic carbocycles. The van der Waals surface area contributed by atoms with Crippen LogP contribution >= 0.6 is 0 Å². The van der Waals surface area contributed by atoms with E-state index in [1.54, 1.807) is 0 Å². The van der Waals surface area contributed by atoms with E-state index < -0.39 is 0 Å². The minimum atomic E-state index is 1.14. The zero-order chi connectivity index (χ0) is 43.8. The predicted octanol–water partition coefficient (Wildman–Crippen LogP) is 18.5. The number of fused-ring (bicyclic) bond motifs is 4. The highest BCUT2D eigenvalue weighted by atomic mass is 14.2. The van der Waals surface area contributed by atoms with E-state index in [2.05, 4.69) is 267 Å². The molecular formula is C66H44. The summed E-state index contributed by atoms with van der Waals surface area (Å²) in [6.07, 6.45) is 4.57. The third kappa shape index (κ3) is 6.79. The number of hydrogen-bond donors (Lipinski definition) is 0. The number of hydrogen-bond acceptors (Lipinski definition) is 0. The van der Waals surface area contributed by atoms with Crippen LogP contribution in [0.2, 0.25) is 0 Å². The average Bonchev–Trinajstić information content (AvgIpc) is 3.39. The van der Waals surface area contributed by atoms with Crippen molar-refractivity contribution in [3.8, 4) is 66.8 Å². The van der Waals surface area contributed by atoms with Crippen molar-refractivity contribution in [3.05, 3.63) is 266 Å². The van der Waals surface area contributed by atoms with Crippen molar-refractivity contribution in [3.63, 3.8) is 0 Å². The Morgan fingerprint density at radius 2 is 0.591 bits per heavy atom. The Morgan fingerprint density at radius 3 is 1.17 bits per heavy atom. The van der Waals surface area contributed by atoms with E-state index >= 15 is 0 Å². The lowest BCUT2D eigenvalue weighted by Crippen LogP contribution is -1.93. The van der Waals surface area contributed by atoms with Crippen LogP contribution in [-0.2, 0) is 0 Å². The maximum Gasteiger partial charge on any atom is -0.00141 e. The summed E-state index contributed by atoms with van der Waals surface area (Å²) in [4.78, 5) is 0. The molecule has 0 aliphatic carbocycles. The van der Waals surface area contributed by atoms with Gasteiger partial charge in [0.05, 0.1) is 0 Å². The molecule has 12 rings (SSSR count). The Kier molecular flexibility index (Phi) is 9.97. The van der Waals surface area contributed by atoms with Gasteiger partial charge in [0.2, 0.25) is 0 Å². The first kappa shape index (κ1) is 39.0. The maximum absolute atomic E-state index is 2.35. The summed E-state index contributed by atoms with van der Waals surface area (Å²) in [6, 6.07) is 93.0. The Bertz CT molecular complexity index is 3730. The van der Waals surface area contributed by atoms with Crippen LogP contribution in [-0.4, -0.2) is 0 Å². The fraction of sp³-hybridized carbons (Fsp3) is 0. The molecule has 0 fully saturated rings. The summed E-state index contributed by atoms with van der Waals surface area (Å²) in [5.41, 5.74) is 17.1. The van der Waals surface area contributed by atoms with Crippen molar-refractivity contribution >= 4 is 55.2 Å². The molecule has 0 heteroatoms. The van der Waals surface area contributed by atoms with Crippen LogP contribution in [0.1, 0.15) is 11.1 Å². The highest BCUT2D eigenvalue weighted by molar-refractivity contribution is 6.25. The molecule has 0 aliphatic rings. The van der Waals surface area contributed by atoms with Gasteiger partial charge in [-0.05, 0) is 127 Å². The minimum Gasteiger partial charge on any atom is -0.0622 e. The summed E-state index contributed by atoms with van der Waals surface area (Å²) >= 11 is 0. The Balaban J connectivity index is 1.000. The van der Waals surface area contributed by atoms with Gasteiger partial charge in [-0.2, -0.15) is 0 Å². The minimum absolute atomic E-state index is 1.14. The second-order valence-corrected chi connectivity index (χ2v) is 17.1. The fourth-order valence-electron chi connectivity index (χ4n) is 10.4. The first-order valence-electron chi connectivity index (χ1n) is 22.8. The van der Waals surface area contributed by atoms with Gasteiger partial charge >= 0.3 is 0 Å². The van der Waals surface area contributed by atoms with E-state index in [1.807, 2.05) is 0 Å². The lowest BCUT2D eigenvalue weighted by atomic mass is 9.83. The third-order valence-electron chi connectivity index (χ3n) is 13.3. The lowest BCUT2D eigenvalue weighted by Gasteiger charge is -2.20. The summed E-state index contributed by atoms with van der Waals surface area (Å²) < 4.78 is 0. The van der Waals surface area contributed by atoms with Crippen molar-refractivity contribution in [1.29, 1.82) is 0 Å². The third-order valence-corrected chi connectivity index (χ3v) is 13.3. The molecule has 0 unspecified atom stereocenters. The molecule has 0 heterocycles. The van der Waals surface area contributed by atoms with Crippen LogP contribution in [0.4, 0.5) is 0 Å². The van der Waals surface area contributed by atoms with Crippen LogP contribution in [0, 0.1) is 0 Å². The zero-order valence-corrected chi connectivity index (χ0v) is 36.4. The molecule has 12 aromatic rings. The Labute approximate surface area is 386 Å². The van der Waals surface area contributed by atoms with Gasteiger partial charge in [-0.3, -0.25) is 0 Å². The maximum atomic E-state index is 2.35. The SMILES string of the molecule is C(=Cc1ccccc1-c1ccccc1-c1c2ccccc2c(-c2ccccc2)c2ccccc12)c1cccc(-c2cccc3c(-c4ccccc4)c4ccccc4c(-c4ccccc4)c23)c1. The summed E-state index contributed by atoms with van der Waals surface area (Å²) in [6.45, 7) is 0. The molecule has 66 heavy (non-hydrogen) atoms. The monoisotopic (exact) mass is 836 g/mol. The normalized spacial score (nSPS) is 11.6. The quantitative estimate of drug-likeness (QED) is 0.106. The molecule has 0 aliphatic heterocycles. The molecule has 0 bridgehead atoms. The van der Waals surface area contributed by atoms with Gasteiger partial charge in [0.25, 0.3) is 0 Å². The second-order valence-electron chi connectivity index (χ2n) is 17.1. The highest BCUT2D eigenvalue weighted by Gasteiger charge is 2.21. The molecule has 0 spiro atoms. The first-order valence-corrected chi connectivity index (χ1v) is 22.8. The predicted molar refractivity (Wildman–Crippen MR) is 284 cm³/mol. The average molecular weight is 837 g/mol. The van der Waals surface area contributed by atoms with Crippen molar-refractivity contribution in [2.45, 2.75) is 0 Å². The van der Waals surface area contributed by atoms with Gasteiger partial charge in [-0.1, -0.05) is 261 Å². The van der Waals surface area contributed by atoms with Gasteiger partial charge in [0, 0.05) is 0 Å². The van der Waals surface area contributed by atoms with Gasteiger partial charge in [-0.25, -0.2) is 0 Å². The molecule has 0 saturated heterocycles. The van der Waals surface area contributed by atoms with Gasteiger partial charge in [-0.15, -0.1) is 0 Å². The molecule has 0 N–H and O–H groups in total. The van der Waals surface area contributed by atoms with Crippen LogP contribution < -0.4 is 0 Å². The van der Waals surface area contributed by atoms with Crippen LogP contribution in [0.15, 0.2) is 255 Å².